The normalized spacial score (nSPS) is 22.2. The number of benzene rings is 1. The van der Waals surface area contributed by atoms with Crippen LogP contribution in [-0.4, -0.2) is 113 Å². The van der Waals surface area contributed by atoms with E-state index in [4.69, 9.17) is 22.1 Å². The molecule has 1 aliphatic carbocycles. The van der Waals surface area contributed by atoms with E-state index in [0.29, 0.717) is 53.6 Å². The second-order valence-electron chi connectivity index (χ2n) is 15.1. The molecule has 3 aromatic rings. The number of hydrogen-bond donors (Lipinski definition) is 2. The van der Waals surface area contributed by atoms with Crippen LogP contribution in [0.5, 0.6) is 5.75 Å². The van der Waals surface area contributed by atoms with E-state index in [1.807, 2.05) is 30.5 Å². The zero-order valence-electron chi connectivity index (χ0n) is 31.3. The number of amides is 4. The lowest BCUT2D eigenvalue weighted by atomic mass is 9.89. The highest BCUT2D eigenvalue weighted by molar-refractivity contribution is 6.31. The quantitative estimate of drug-likeness (QED) is 0.271. The van der Waals surface area contributed by atoms with Gasteiger partial charge in [0.15, 0.2) is 11.5 Å². The van der Waals surface area contributed by atoms with Crippen molar-refractivity contribution < 1.29 is 23.9 Å². The van der Waals surface area contributed by atoms with Crippen LogP contribution in [0.25, 0.3) is 0 Å². The van der Waals surface area contributed by atoms with Crippen molar-refractivity contribution in [1.82, 2.24) is 30.3 Å². The maximum absolute atomic E-state index is 14.0. The Morgan fingerprint density at radius 3 is 2.32 bits per heavy atom. The van der Waals surface area contributed by atoms with Gasteiger partial charge in [0.05, 0.1) is 35.0 Å². The minimum atomic E-state index is -0.723. The molecule has 16 heteroatoms. The van der Waals surface area contributed by atoms with Crippen molar-refractivity contribution in [3.05, 3.63) is 70.6 Å². The number of nitrogens with zero attached hydrogens (tertiary/aromatic N) is 8. The molecule has 0 bridgehead atoms. The lowest BCUT2D eigenvalue weighted by Crippen LogP contribution is -2.58. The molecular weight excluding hydrogens is 736 g/mol. The van der Waals surface area contributed by atoms with Crippen molar-refractivity contribution in [2.75, 3.05) is 55.6 Å². The minimum Gasteiger partial charge on any atom is -0.490 e. The standard InChI is InChI=1S/C40H47ClN10O5/c41-33-22-32(6-1-27(33)23-42)56-31-7-4-29(5-8-31)51(35-10-12-37(52)45-40(35)55)38(53)21-28-2-3-30(24-44-28)49-19-17-48(18-20-49)25-26-13-15-50(16-14-26)36-11-9-34(39(43)54)46-47-36/h1-3,6,9,11,22,24,26,29,31,35H,4-5,7-8,10,12-21,25H2,(H2,43,54)(H,45,52,55). The summed E-state index contributed by atoms with van der Waals surface area (Å²) < 4.78 is 6.17. The number of aromatic nitrogens is 3. The molecule has 3 N–H and O–H groups in total. The van der Waals surface area contributed by atoms with Gasteiger partial charge in [-0.1, -0.05) is 11.6 Å². The average molecular weight is 783 g/mol. The molecule has 2 aromatic heterocycles. The molecule has 3 aliphatic heterocycles. The fourth-order valence-corrected chi connectivity index (χ4v) is 8.56. The van der Waals surface area contributed by atoms with E-state index in [9.17, 15) is 24.4 Å². The van der Waals surface area contributed by atoms with Gasteiger partial charge in [0, 0.05) is 70.0 Å². The maximum atomic E-state index is 14.0. The molecule has 4 amide bonds. The van der Waals surface area contributed by atoms with Gasteiger partial charge in [-0.05, 0) is 87.3 Å². The predicted octanol–water partition coefficient (Wildman–Crippen LogP) is 3.10. The van der Waals surface area contributed by atoms with Gasteiger partial charge in [-0.2, -0.15) is 5.26 Å². The van der Waals surface area contributed by atoms with Gasteiger partial charge in [0.1, 0.15) is 17.9 Å². The predicted molar refractivity (Wildman–Crippen MR) is 208 cm³/mol. The first-order valence-corrected chi connectivity index (χ1v) is 19.8. The number of hydrogen-bond acceptors (Lipinski definition) is 12. The summed E-state index contributed by atoms with van der Waals surface area (Å²) in [6.45, 7) is 6.52. The fourth-order valence-electron chi connectivity index (χ4n) is 8.35. The van der Waals surface area contributed by atoms with Crippen LogP contribution >= 0.6 is 11.6 Å². The van der Waals surface area contributed by atoms with E-state index in [1.54, 1.807) is 29.2 Å². The molecule has 3 saturated heterocycles. The van der Waals surface area contributed by atoms with Gasteiger partial charge >= 0.3 is 0 Å². The smallest absolute Gasteiger partial charge is 0.269 e. The summed E-state index contributed by atoms with van der Waals surface area (Å²) in [6.07, 6.45) is 7.01. The van der Waals surface area contributed by atoms with Gasteiger partial charge in [-0.3, -0.25) is 34.4 Å². The monoisotopic (exact) mass is 782 g/mol. The summed E-state index contributed by atoms with van der Waals surface area (Å²) in [5.74, 6) is 0.446. The van der Waals surface area contributed by atoms with Gasteiger partial charge in [0.2, 0.25) is 17.7 Å². The molecule has 0 radical (unpaired) electrons. The lowest BCUT2D eigenvalue weighted by molar-refractivity contribution is -0.148. The first-order valence-electron chi connectivity index (χ1n) is 19.5. The Labute approximate surface area is 331 Å². The maximum Gasteiger partial charge on any atom is 0.269 e. The average Bonchev–Trinajstić information content (AvgIpc) is 3.20. The Morgan fingerprint density at radius 2 is 1.70 bits per heavy atom. The van der Waals surface area contributed by atoms with Crippen LogP contribution in [0.15, 0.2) is 48.7 Å². The van der Waals surface area contributed by atoms with Crippen LogP contribution in [0.2, 0.25) is 5.02 Å². The Kier molecular flexibility index (Phi) is 12.3. The number of ether oxygens (including phenoxy) is 1. The number of nitriles is 1. The van der Waals surface area contributed by atoms with Crippen molar-refractivity contribution in [3.8, 4) is 11.8 Å². The lowest BCUT2D eigenvalue weighted by Gasteiger charge is -2.42. The second kappa shape index (κ2) is 17.6. The molecule has 7 rings (SSSR count). The van der Waals surface area contributed by atoms with E-state index in [1.165, 1.54) is 0 Å². The number of pyridine rings is 1. The number of rotatable bonds is 11. The summed E-state index contributed by atoms with van der Waals surface area (Å²) in [6, 6.07) is 13.5. The number of imide groups is 1. The number of anilines is 2. The van der Waals surface area contributed by atoms with Crippen molar-refractivity contribution in [3.63, 3.8) is 0 Å². The number of nitrogens with one attached hydrogen (secondary N) is 1. The highest BCUT2D eigenvalue weighted by atomic mass is 35.5. The third-order valence-corrected chi connectivity index (χ3v) is 11.8. The first kappa shape index (κ1) is 38.9. The van der Waals surface area contributed by atoms with Crippen LogP contribution in [-0.2, 0) is 20.8 Å². The van der Waals surface area contributed by atoms with E-state index >= 15 is 0 Å². The molecule has 0 spiro atoms. The Hall–Kier alpha value is -5.33. The second-order valence-corrected chi connectivity index (χ2v) is 15.5. The Balaban J connectivity index is 0.895. The van der Waals surface area contributed by atoms with Crippen LogP contribution in [0.3, 0.4) is 0 Å². The third-order valence-electron chi connectivity index (χ3n) is 11.5. The van der Waals surface area contributed by atoms with E-state index in [-0.39, 0.29) is 48.9 Å². The van der Waals surface area contributed by atoms with Crippen molar-refractivity contribution in [2.24, 2.45) is 11.7 Å². The van der Waals surface area contributed by atoms with Crippen molar-refractivity contribution in [1.29, 1.82) is 5.26 Å². The fraction of sp³-hybridized carbons (Fsp3) is 0.500. The summed E-state index contributed by atoms with van der Waals surface area (Å²) in [4.78, 5) is 63.9. The highest BCUT2D eigenvalue weighted by Gasteiger charge is 2.40. The molecule has 1 atom stereocenters. The molecule has 294 valence electrons. The summed E-state index contributed by atoms with van der Waals surface area (Å²) in [5.41, 5.74) is 7.49. The molecule has 1 saturated carbocycles. The van der Waals surface area contributed by atoms with Crippen molar-refractivity contribution in [2.45, 2.75) is 76.0 Å². The molecule has 4 aliphatic rings. The number of nitrogens with two attached hydrogens (primary N) is 1. The molecule has 56 heavy (non-hydrogen) atoms. The van der Waals surface area contributed by atoms with Crippen LogP contribution in [0.1, 0.15) is 73.1 Å². The Bertz CT molecular complexity index is 1930. The summed E-state index contributed by atoms with van der Waals surface area (Å²) >= 11 is 6.20. The van der Waals surface area contributed by atoms with Gasteiger partial charge in [-0.15, -0.1) is 10.2 Å². The summed E-state index contributed by atoms with van der Waals surface area (Å²) in [7, 11) is 0. The van der Waals surface area contributed by atoms with Crippen LogP contribution < -0.4 is 25.6 Å². The van der Waals surface area contributed by atoms with Gasteiger partial charge in [-0.25, -0.2) is 0 Å². The minimum absolute atomic E-state index is 0.0516. The molecular formula is C40H47ClN10O5. The number of halogens is 1. The molecule has 1 unspecified atom stereocenters. The topological polar surface area (TPSA) is 191 Å². The number of carbonyl (C=O) groups excluding carboxylic acids is 4. The van der Waals surface area contributed by atoms with E-state index in [0.717, 1.165) is 70.2 Å². The van der Waals surface area contributed by atoms with Gasteiger partial charge < -0.3 is 25.2 Å². The highest BCUT2D eigenvalue weighted by Crippen LogP contribution is 2.32. The molecule has 4 fully saturated rings. The molecule has 1 aromatic carbocycles. The Morgan fingerprint density at radius 1 is 0.929 bits per heavy atom. The number of piperidine rings is 2. The van der Waals surface area contributed by atoms with Crippen molar-refractivity contribution >= 4 is 46.7 Å². The largest absolute Gasteiger partial charge is 0.490 e. The van der Waals surface area contributed by atoms with E-state index in [2.05, 4.69) is 35.2 Å². The SMILES string of the molecule is N#Cc1ccc(OC2CCC(N(C(=O)Cc3ccc(N4CCN(CC5CCN(c6ccc(C(N)=O)nn6)CC5)CC4)cn3)C3CCC(=O)NC3=O)CC2)cc1Cl. The number of carbonyl (C=O) groups is 4. The molecule has 5 heterocycles. The number of primary amides is 1. The third kappa shape index (κ3) is 9.37. The first-order chi connectivity index (χ1) is 27.1. The zero-order chi connectivity index (χ0) is 39.2. The van der Waals surface area contributed by atoms with Crippen LogP contribution in [0.4, 0.5) is 11.5 Å². The van der Waals surface area contributed by atoms with Crippen LogP contribution in [0, 0.1) is 17.2 Å². The number of piperazine rings is 1. The van der Waals surface area contributed by atoms with E-state index < -0.39 is 17.9 Å². The van der Waals surface area contributed by atoms with Gasteiger partial charge in [0.25, 0.3) is 5.91 Å². The summed E-state index contributed by atoms with van der Waals surface area (Å²) in [5, 5.41) is 20.1. The molecule has 15 nitrogen and oxygen atoms in total. The zero-order valence-corrected chi connectivity index (χ0v) is 32.1.